The van der Waals surface area contributed by atoms with Gasteiger partial charge in [-0.2, -0.15) is 0 Å². The van der Waals surface area contributed by atoms with Crippen LogP contribution in [0.15, 0.2) is 60.7 Å². The Morgan fingerprint density at radius 2 is 0.966 bits per heavy atom. The zero-order valence-electron chi connectivity index (χ0n) is 53.0. The molecule has 0 amide bonds. The van der Waals surface area contributed by atoms with Crippen molar-refractivity contribution in [1.82, 2.24) is 39.4 Å². The SMILES string of the molecule is CCN(CCO)CCCOc1cc(-c2cc3cc(CN4CCCCC4)ccc3n2C(=O)OC(C)(C)C)c2c(c1Cl)CNC2C(=O)C1NCc2c(Cl)c(OCCCN(CC)CCO)cc(-c3cc4cc(CN5CCCCC5)ccc4n3C(=O)OC(C)(C)C)c21. The minimum Gasteiger partial charge on any atom is -0.492 e. The standard InChI is InChI=1S/C69H92Cl2N8O9/c1-9-74(29-31-80)27-17-33-85-57-39-49(55-37-47-35-45(43-76-23-13-11-14-24-76)19-21-53(47)78(55)66(83)87-68(3,4)5)59-51(61(57)70)41-72-63(59)65(82)64-60-50(40-58(62(71)52(60)42-73-64)86-34-18-28-75(10-2)30-32-81)56-38-48-36-46(44-77-25-15-12-16-26-77)20-22-54(48)79(56)67(84)88-69(6,7)8/h19-22,35-40,63-64,72-73,80-81H,9-18,23-34,41-44H2,1-8H3. The molecule has 0 aliphatic carbocycles. The lowest BCUT2D eigenvalue weighted by Crippen LogP contribution is -2.32. The molecule has 4 N–H and O–H groups in total. The summed E-state index contributed by atoms with van der Waals surface area (Å²) in [4.78, 5) is 55.4. The number of piperidine rings is 2. The highest BCUT2D eigenvalue weighted by atomic mass is 35.5. The number of ketones is 1. The van der Waals surface area contributed by atoms with Gasteiger partial charge in [0.2, 0.25) is 0 Å². The lowest BCUT2D eigenvalue weighted by molar-refractivity contribution is -0.123. The van der Waals surface area contributed by atoms with Crippen LogP contribution in [-0.4, -0.2) is 160 Å². The molecule has 0 bridgehead atoms. The summed E-state index contributed by atoms with van der Waals surface area (Å²) in [5, 5.41) is 29.0. The van der Waals surface area contributed by atoms with Gasteiger partial charge in [-0.15, -0.1) is 0 Å². The second-order valence-corrected chi connectivity index (χ2v) is 26.9. The molecule has 2 fully saturated rings. The van der Waals surface area contributed by atoms with Crippen LogP contribution in [0, 0.1) is 0 Å². The lowest BCUT2D eigenvalue weighted by Gasteiger charge is -2.26. The Hall–Kier alpha value is -5.57. The van der Waals surface area contributed by atoms with Crippen molar-refractivity contribution in [3.05, 3.63) is 104 Å². The monoisotopic (exact) mass is 1250 g/mol. The third-order valence-electron chi connectivity index (χ3n) is 17.5. The van der Waals surface area contributed by atoms with Crippen molar-refractivity contribution in [2.75, 3.05) is 91.9 Å². The van der Waals surface area contributed by atoms with Crippen molar-refractivity contribution in [3.8, 4) is 34.0 Å². The third-order valence-corrected chi connectivity index (χ3v) is 18.3. The number of halogens is 2. The molecule has 10 rings (SSSR count). The van der Waals surface area contributed by atoms with Crippen LogP contribution in [0.1, 0.15) is 152 Å². The topological polar surface area (TPSA) is 175 Å². The number of carbonyl (C=O) groups excluding carboxylic acids is 3. The van der Waals surface area contributed by atoms with E-state index in [0.717, 1.165) is 99.9 Å². The Balaban J connectivity index is 1.12. The zero-order valence-corrected chi connectivity index (χ0v) is 54.5. The van der Waals surface area contributed by atoms with E-state index >= 15 is 4.79 Å². The predicted octanol–water partition coefficient (Wildman–Crippen LogP) is 12.5. The van der Waals surface area contributed by atoms with Gasteiger partial charge in [0.1, 0.15) is 22.7 Å². The number of aliphatic hydroxyl groups is 2. The maximum atomic E-state index is 16.3. The quantitative estimate of drug-likeness (QED) is 0.0421. The summed E-state index contributed by atoms with van der Waals surface area (Å²) >= 11 is 15.1. The number of carbonyl (C=O) groups is 3. The van der Waals surface area contributed by atoms with E-state index in [4.69, 9.17) is 42.1 Å². The number of rotatable bonds is 24. The first-order chi connectivity index (χ1) is 42.3. The molecule has 19 heteroatoms. The number of hydrogen-bond acceptors (Lipinski definition) is 15. The normalized spacial score (nSPS) is 17.6. The average Bonchev–Trinajstić information content (AvgIpc) is 1.72. The van der Waals surface area contributed by atoms with E-state index in [-0.39, 0.29) is 32.1 Å². The molecule has 2 atom stereocenters. The Labute approximate surface area is 529 Å². The number of nitrogens with one attached hydrogen (secondary N) is 2. The molecule has 2 aromatic heterocycles. The molecule has 0 radical (unpaired) electrons. The minimum atomic E-state index is -0.978. The third kappa shape index (κ3) is 14.9. The van der Waals surface area contributed by atoms with E-state index < -0.39 is 35.5 Å². The molecule has 2 unspecified atom stereocenters. The van der Waals surface area contributed by atoms with Crippen molar-refractivity contribution < 1.29 is 43.5 Å². The number of benzene rings is 4. The summed E-state index contributed by atoms with van der Waals surface area (Å²) in [5.41, 5.74) is 6.64. The molecule has 17 nitrogen and oxygen atoms in total. The summed E-state index contributed by atoms with van der Waals surface area (Å²) in [5.74, 6) is 0.602. The van der Waals surface area contributed by atoms with Crippen molar-refractivity contribution >= 4 is 63.0 Å². The van der Waals surface area contributed by atoms with E-state index in [1.807, 2.05) is 77.9 Å². The van der Waals surface area contributed by atoms with Gasteiger partial charge in [0.15, 0.2) is 5.78 Å². The molecular weight excluding hydrogens is 1160 g/mol. The second-order valence-electron chi connectivity index (χ2n) is 26.2. The summed E-state index contributed by atoms with van der Waals surface area (Å²) in [6.45, 7) is 26.1. The van der Waals surface area contributed by atoms with Gasteiger partial charge in [-0.25, -0.2) is 18.7 Å². The Morgan fingerprint density at radius 3 is 1.33 bits per heavy atom. The molecule has 0 saturated carbocycles. The molecule has 0 spiro atoms. The summed E-state index contributed by atoms with van der Waals surface area (Å²) in [6, 6.07) is 18.3. The molecule has 4 aliphatic heterocycles. The van der Waals surface area contributed by atoms with Gasteiger partial charge < -0.3 is 39.0 Å². The van der Waals surface area contributed by atoms with Gasteiger partial charge >= 0.3 is 12.2 Å². The fourth-order valence-electron chi connectivity index (χ4n) is 13.3. The van der Waals surface area contributed by atoms with Gasteiger partial charge in [-0.3, -0.25) is 25.2 Å². The number of hydrogen-bond donors (Lipinski definition) is 4. The second kappa shape index (κ2) is 28.7. The number of nitrogens with zero attached hydrogens (tertiary/aromatic N) is 6. The fourth-order valence-corrected chi connectivity index (χ4v) is 13.8. The Kier molecular flexibility index (Phi) is 21.3. The average molecular weight is 1250 g/mol. The largest absolute Gasteiger partial charge is 0.492 e. The first kappa shape index (κ1) is 65.4. The maximum absolute atomic E-state index is 16.3. The predicted molar refractivity (Wildman–Crippen MR) is 349 cm³/mol. The number of aromatic nitrogens is 2. The number of likely N-dealkylation sites (N-methyl/N-ethyl adjacent to an activating group) is 2. The van der Waals surface area contributed by atoms with Crippen LogP contribution in [0.4, 0.5) is 9.59 Å². The number of aliphatic hydroxyl groups excluding tert-OH is 2. The number of likely N-dealkylation sites (tertiary alicyclic amines) is 2. The van der Waals surface area contributed by atoms with Crippen LogP contribution in [0.25, 0.3) is 44.3 Å². The van der Waals surface area contributed by atoms with Crippen LogP contribution in [0.5, 0.6) is 11.5 Å². The smallest absolute Gasteiger partial charge is 0.419 e. The summed E-state index contributed by atoms with van der Waals surface area (Å²) < 4.78 is 28.9. The lowest BCUT2D eigenvalue weighted by atomic mass is 9.87. The van der Waals surface area contributed by atoms with E-state index in [2.05, 4.69) is 68.3 Å². The molecule has 6 aromatic rings. The van der Waals surface area contributed by atoms with Crippen molar-refractivity contribution in [2.45, 2.75) is 156 Å². The molecule has 476 valence electrons. The highest BCUT2D eigenvalue weighted by Gasteiger charge is 2.43. The molecule has 2 saturated heterocycles. The Morgan fingerprint density at radius 1 is 0.568 bits per heavy atom. The van der Waals surface area contributed by atoms with Crippen molar-refractivity contribution in [1.29, 1.82) is 0 Å². The molecule has 6 heterocycles. The van der Waals surface area contributed by atoms with Gasteiger partial charge in [-0.05, 0) is 201 Å². The maximum Gasteiger partial charge on any atom is 0.419 e. The Bertz CT molecular complexity index is 3240. The van der Waals surface area contributed by atoms with E-state index in [1.54, 1.807) is 9.13 Å². The van der Waals surface area contributed by atoms with Crippen LogP contribution in [-0.2, 0) is 40.4 Å². The highest BCUT2D eigenvalue weighted by molar-refractivity contribution is 6.34. The van der Waals surface area contributed by atoms with Crippen LogP contribution >= 0.6 is 23.2 Å². The van der Waals surface area contributed by atoms with Crippen LogP contribution in [0.2, 0.25) is 10.0 Å². The first-order valence-electron chi connectivity index (χ1n) is 32.1. The summed E-state index contributed by atoms with van der Waals surface area (Å²) in [6.07, 6.45) is 7.29. The number of ether oxygens (including phenoxy) is 4. The first-order valence-corrected chi connectivity index (χ1v) is 32.9. The van der Waals surface area contributed by atoms with E-state index in [9.17, 15) is 19.8 Å². The number of fused-ring (bicyclic) bond motifs is 4. The number of Topliss-reactive ketones (excluding diaryl/α,β-unsaturated/α-hetero) is 1. The fraction of sp³-hybridized carbons (Fsp3) is 0.551. The van der Waals surface area contributed by atoms with E-state index in [1.165, 1.54) is 12.8 Å². The van der Waals surface area contributed by atoms with E-state index in [0.29, 0.717) is 130 Å². The van der Waals surface area contributed by atoms with Gasteiger partial charge in [0, 0.05) is 74.3 Å². The van der Waals surface area contributed by atoms with Gasteiger partial charge in [0.25, 0.3) is 0 Å². The highest BCUT2D eigenvalue weighted by Crippen LogP contribution is 2.50. The van der Waals surface area contributed by atoms with Crippen molar-refractivity contribution in [3.63, 3.8) is 0 Å². The van der Waals surface area contributed by atoms with Crippen LogP contribution in [0.3, 0.4) is 0 Å². The van der Waals surface area contributed by atoms with Gasteiger partial charge in [0.05, 0.1) is 71.0 Å². The molecule has 4 aliphatic rings. The molecular formula is C69H92Cl2N8O9. The molecule has 4 aromatic carbocycles. The molecule has 88 heavy (non-hydrogen) atoms. The summed E-state index contributed by atoms with van der Waals surface area (Å²) in [7, 11) is 0. The van der Waals surface area contributed by atoms with Gasteiger partial charge in [-0.1, -0.05) is 62.0 Å². The minimum absolute atomic E-state index is 0.0563. The zero-order chi connectivity index (χ0) is 62.4. The van der Waals surface area contributed by atoms with Crippen LogP contribution < -0.4 is 20.1 Å². The van der Waals surface area contributed by atoms with Crippen molar-refractivity contribution in [2.24, 2.45) is 0 Å².